The molecule has 2 N–H and O–H groups in total. The molecule has 2 rings (SSSR count). The molecule has 1 aromatic rings. The van der Waals surface area contributed by atoms with Gasteiger partial charge in [-0.05, 0) is 19.4 Å². The molecular weight excluding hydrogens is 282 g/mol. The fourth-order valence-corrected chi connectivity index (χ4v) is 2.65. The number of piperazine rings is 1. The highest BCUT2D eigenvalue weighted by atomic mass is 16.5. The average Bonchev–Trinajstić information content (AvgIpc) is 2.91. The van der Waals surface area contributed by atoms with Gasteiger partial charge in [0.05, 0.1) is 0 Å². The van der Waals surface area contributed by atoms with Gasteiger partial charge in [-0.3, -0.25) is 5.32 Å². The molecule has 0 saturated carbocycles. The molecule has 0 aliphatic carbocycles. The van der Waals surface area contributed by atoms with Crippen molar-refractivity contribution in [3.63, 3.8) is 0 Å². The fourth-order valence-electron chi connectivity index (χ4n) is 2.65. The van der Waals surface area contributed by atoms with Crippen LogP contribution in [0.15, 0.2) is 10.6 Å². The predicted molar refractivity (Wildman–Crippen MR) is 86.0 cm³/mol. The lowest BCUT2D eigenvalue weighted by Gasteiger charge is -2.35. The molecule has 124 valence electrons. The molecule has 7 nitrogen and oxygen atoms in total. The van der Waals surface area contributed by atoms with Crippen LogP contribution in [0, 0.1) is 12.8 Å². The molecule has 1 aromatic heterocycles. The Morgan fingerprint density at radius 3 is 2.64 bits per heavy atom. The van der Waals surface area contributed by atoms with E-state index in [1.165, 1.54) is 0 Å². The summed E-state index contributed by atoms with van der Waals surface area (Å²) < 4.78 is 4.91. The van der Waals surface area contributed by atoms with Crippen molar-refractivity contribution >= 4 is 11.8 Å². The first-order chi connectivity index (χ1) is 10.6. The maximum Gasteiger partial charge on any atom is 0.320 e. The summed E-state index contributed by atoms with van der Waals surface area (Å²) in [5, 5.41) is 9.27. The van der Waals surface area contributed by atoms with E-state index in [1.54, 1.807) is 13.0 Å². The summed E-state index contributed by atoms with van der Waals surface area (Å²) in [6.07, 6.45) is 0. The van der Waals surface area contributed by atoms with Crippen molar-refractivity contribution in [1.29, 1.82) is 0 Å². The van der Waals surface area contributed by atoms with Crippen LogP contribution < -0.4 is 10.6 Å². The first kappa shape index (κ1) is 16.8. The SMILES string of the molecule is CCN1CCN(CC(C)CNC(=O)Nc2cc(C)on2)CC1. The smallest absolute Gasteiger partial charge is 0.320 e. The van der Waals surface area contributed by atoms with Crippen LogP contribution in [0.1, 0.15) is 19.6 Å². The Morgan fingerprint density at radius 2 is 2.05 bits per heavy atom. The molecule has 2 amide bonds. The molecule has 1 unspecified atom stereocenters. The van der Waals surface area contributed by atoms with Crippen LogP contribution in [0.3, 0.4) is 0 Å². The highest BCUT2D eigenvalue weighted by molar-refractivity contribution is 5.88. The van der Waals surface area contributed by atoms with Gasteiger partial charge >= 0.3 is 6.03 Å². The zero-order valence-electron chi connectivity index (χ0n) is 13.8. The van der Waals surface area contributed by atoms with Gasteiger partial charge in [-0.15, -0.1) is 0 Å². The van der Waals surface area contributed by atoms with Crippen molar-refractivity contribution in [2.24, 2.45) is 5.92 Å². The quantitative estimate of drug-likeness (QED) is 0.830. The number of amides is 2. The average molecular weight is 309 g/mol. The number of aromatic nitrogens is 1. The van der Waals surface area contributed by atoms with Gasteiger partial charge in [-0.2, -0.15) is 0 Å². The standard InChI is InChI=1S/C15H27N5O2/c1-4-19-5-7-20(8-6-19)11-12(2)10-16-15(21)17-14-9-13(3)22-18-14/h9,12H,4-8,10-11H2,1-3H3,(H2,16,17,18,21). The van der Waals surface area contributed by atoms with Gasteiger partial charge in [0.2, 0.25) is 0 Å². The van der Waals surface area contributed by atoms with Crippen LogP contribution in [0.2, 0.25) is 0 Å². The van der Waals surface area contributed by atoms with Crippen LogP contribution >= 0.6 is 0 Å². The third kappa shape index (κ3) is 5.31. The maximum atomic E-state index is 11.8. The van der Waals surface area contributed by atoms with Crippen LogP contribution in [-0.4, -0.2) is 66.8 Å². The summed E-state index contributed by atoms with van der Waals surface area (Å²) in [5.74, 6) is 1.53. The minimum atomic E-state index is -0.240. The van der Waals surface area contributed by atoms with Crippen molar-refractivity contribution in [1.82, 2.24) is 20.3 Å². The number of likely N-dealkylation sites (N-methyl/N-ethyl adjacent to an activating group) is 1. The Labute approximate surface area is 132 Å². The van der Waals surface area contributed by atoms with Gasteiger partial charge in [0.1, 0.15) is 5.76 Å². The van der Waals surface area contributed by atoms with E-state index in [1.807, 2.05) is 0 Å². The molecule has 0 aromatic carbocycles. The van der Waals surface area contributed by atoms with E-state index in [2.05, 4.69) is 39.4 Å². The Bertz CT molecular complexity index is 468. The lowest BCUT2D eigenvalue weighted by atomic mass is 10.1. The Hall–Kier alpha value is -1.60. The van der Waals surface area contributed by atoms with Gasteiger partial charge in [0.25, 0.3) is 0 Å². The van der Waals surface area contributed by atoms with Crippen molar-refractivity contribution < 1.29 is 9.32 Å². The number of anilines is 1. The van der Waals surface area contributed by atoms with E-state index in [4.69, 9.17) is 4.52 Å². The normalized spacial score (nSPS) is 18.1. The second-order valence-electron chi connectivity index (χ2n) is 6.00. The second-order valence-corrected chi connectivity index (χ2v) is 6.00. The summed E-state index contributed by atoms with van der Waals surface area (Å²) >= 11 is 0. The number of carbonyl (C=O) groups is 1. The van der Waals surface area contributed by atoms with Gasteiger partial charge in [0.15, 0.2) is 5.82 Å². The molecule has 0 spiro atoms. The van der Waals surface area contributed by atoms with Gasteiger partial charge in [-0.1, -0.05) is 19.0 Å². The summed E-state index contributed by atoms with van der Waals surface area (Å²) in [6.45, 7) is 13.5. The lowest BCUT2D eigenvalue weighted by Crippen LogP contribution is -2.48. The first-order valence-electron chi connectivity index (χ1n) is 7.99. The molecule has 1 fully saturated rings. The maximum absolute atomic E-state index is 11.8. The molecule has 7 heteroatoms. The number of aryl methyl sites for hydroxylation is 1. The molecule has 1 aliphatic heterocycles. The highest BCUT2D eigenvalue weighted by Gasteiger charge is 2.17. The minimum absolute atomic E-state index is 0.240. The van der Waals surface area contributed by atoms with Crippen molar-refractivity contribution in [2.75, 3.05) is 51.1 Å². The molecular formula is C15H27N5O2. The largest absolute Gasteiger partial charge is 0.360 e. The fraction of sp³-hybridized carbons (Fsp3) is 0.733. The number of urea groups is 1. The Morgan fingerprint density at radius 1 is 1.36 bits per heavy atom. The first-order valence-corrected chi connectivity index (χ1v) is 7.99. The minimum Gasteiger partial charge on any atom is -0.360 e. The molecule has 1 saturated heterocycles. The van der Waals surface area contributed by atoms with Crippen molar-refractivity contribution in [2.45, 2.75) is 20.8 Å². The molecule has 0 bridgehead atoms. The van der Waals surface area contributed by atoms with Gasteiger partial charge < -0.3 is 19.6 Å². The second kappa shape index (κ2) is 8.14. The lowest BCUT2D eigenvalue weighted by molar-refractivity contribution is 0.124. The van der Waals surface area contributed by atoms with Gasteiger partial charge in [-0.25, -0.2) is 4.79 Å². The zero-order chi connectivity index (χ0) is 15.9. The number of hydrogen-bond acceptors (Lipinski definition) is 5. The molecule has 1 atom stereocenters. The molecule has 2 heterocycles. The zero-order valence-corrected chi connectivity index (χ0v) is 13.8. The Kier molecular flexibility index (Phi) is 6.21. The van der Waals surface area contributed by atoms with Crippen LogP contribution in [-0.2, 0) is 0 Å². The van der Waals surface area contributed by atoms with Crippen molar-refractivity contribution in [3.05, 3.63) is 11.8 Å². The number of nitrogens with one attached hydrogen (secondary N) is 2. The van der Waals surface area contributed by atoms with E-state index in [0.717, 1.165) is 39.3 Å². The van der Waals surface area contributed by atoms with Crippen LogP contribution in [0.25, 0.3) is 0 Å². The van der Waals surface area contributed by atoms with Crippen LogP contribution in [0.4, 0.5) is 10.6 Å². The van der Waals surface area contributed by atoms with E-state index >= 15 is 0 Å². The topological polar surface area (TPSA) is 73.6 Å². The number of rotatable bonds is 6. The highest BCUT2D eigenvalue weighted by Crippen LogP contribution is 2.07. The summed E-state index contributed by atoms with van der Waals surface area (Å²) in [5.41, 5.74) is 0. The predicted octanol–water partition coefficient (Wildman–Crippen LogP) is 1.38. The summed E-state index contributed by atoms with van der Waals surface area (Å²) in [7, 11) is 0. The third-order valence-corrected chi connectivity index (χ3v) is 3.96. The molecule has 0 radical (unpaired) electrons. The van der Waals surface area contributed by atoms with E-state index in [0.29, 0.717) is 24.0 Å². The number of carbonyl (C=O) groups excluding carboxylic acids is 1. The Balaban J connectivity index is 1.63. The molecule has 22 heavy (non-hydrogen) atoms. The molecule has 1 aliphatic rings. The third-order valence-electron chi connectivity index (χ3n) is 3.96. The van der Waals surface area contributed by atoms with E-state index in [-0.39, 0.29) is 6.03 Å². The summed E-state index contributed by atoms with van der Waals surface area (Å²) in [4.78, 5) is 16.7. The van der Waals surface area contributed by atoms with E-state index < -0.39 is 0 Å². The monoisotopic (exact) mass is 309 g/mol. The van der Waals surface area contributed by atoms with Gasteiger partial charge in [0, 0.05) is 45.3 Å². The number of hydrogen-bond donors (Lipinski definition) is 2. The number of nitrogens with zero attached hydrogens (tertiary/aromatic N) is 3. The van der Waals surface area contributed by atoms with Crippen LogP contribution in [0.5, 0.6) is 0 Å². The van der Waals surface area contributed by atoms with Crippen molar-refractivity contribution in [3.8, 4) is 0 Å². The summed E-state index contributed by atoms with van der Waals surface area (Å²) in [6, 6.07) is 1.45. The van der Waals surface area contributed by atoms with E-state index in [9.17, 15) is 4.79 Å².